The van der Waals surface area contributed by atoms with Gasteiger partial charge in [-0.05, 0) is 82.2 Å². The van der Waals surface area contributed by atoms with Crippen LogP contribution in [0, 0.1) is 11.3 Å². The Balaban J connectivity index is 1.20. The SMILES string of the molecule is N#Cc1ccc(NC(=O)Nc2cccc(CNc3cc(-c4ccccc4C4CC4)nc4c(Br)cnn34)c2)cc1. The fourth-order valence-corrected chi connectivity index (χ4v) is 4.90. The highest BCUT2D eigenvalue weighted by molar-refractivity contribution is 9.10. The molecule has 1 saturated carbocycles. The highest BCUT2D eigenvalue weighted by Crippen LogP contribution is 2.44. The molecular formula is C30H24BrN7O. The van der Waals surface area contributed by atoms with Crippen LogP contribution in [-0.2, 0) is 6.54 Å². The van der Waals surface area contributed by atoms with Crippen LogP contribution in [-0.4, -0.2) is 20.6 Å². The molecule has 6 rings (SSSR count). The van der Waals surface area contributed by atoms with E-state index in [0.717, 1.165) is 32.8 Å². The first-order chi connectivity index (χ1) is 19.1. The van der Waals surface area contributed by atoms with E-state index < -0.39 is 0 Å². The van der Waals surface area contributed by atoms with E-state index in [1.165, 1.54) is 18.4 Å². The Kier molecular flexibility index (Phi) is 6.69. The van der Waals surface area contributed by atoms with E-state index in [-0.39, 0.29) is 6.03 Å². The van der Waals surface area contributed by atoms with E-state index >= 15 is 0 Å². The summed E-state index contributed by atoms with van der Waals surface area (Å²) in [6.07, 6.45) is 4.19. The van der Waals surface area contributed by atoms with Crippen molar-refractivity contribution in [3.63, 3.8) is 0 Å². The zero-order chi connectivity index (χ0) is 26.8. The number of nitriles is 1. The Hall–Kier alpha value is -4.68. The number of halogens is 1. The molecule has 0 atom stereocenters. The summed E-state index contributed by atoms with van der Waals surface area (Å²) in [4.78, 5) is 17.4. The lowest BCUT2D eigenvalue weighted by Gasteiger charge is -2.14. The zero-order valence-corrected chi connectivity index (χ0v) is 22.4. The summed E-state index contributed by atoms with van der Waals surface area (Å²) in [5, 5.41) is 22.6. The molecule has 2 amide bonds. The maximum atomic E-state index is 12.5. The molecule has 3 N–H and O–H groups in total. The molecule has 0 aliphatic heterocycles. The van der Waals surface area contributed by atoms with Gasteiger partial charge in [-0.2, -0.15) is 14.9 Å². The lowest BCUT2D eigenvalue weighted by atomic mass is 10.0. The van der Waals surface area contributed by atoms with Gasteiger partial charge in [-0.25, -0.2) is 9.78 Å². The molecule has 9 heteroatoms. The van der Waals surface area contributed by atoms with E-state index in [4.69, 9.17) is 10.2 Å². The third kappa shape index (κ3) is 5.47. The molecule has 5 aromatic rings. The van der Waals surface area contributed by atoms with E-state index in [1.807, 2.05) is 30.3 Å². The van der Waals surface area contributed by atoms with Gasteiger partial charge in [0.25, 0.3) is 0 Å². The standard InChI is InChI=1S/C30H24BrN7O/c31-26-18-34-38-28(15-27(37-29(26)38)25-7-2-1-6-24(25)21-10-11-21)33-17-20-4-3-5-23(14-20)36-30(39)35-22-12-8-19(16-32)9-13-22/h1-9,12-15,18,21,33H,10-11,17H2,(H2,35,36,39). The lowest BCUT2D eigenvalue weighted by Crippen LogP contribution is -2.19. The van der Waals surface area contributed by atoms with Crippen molar-refractivity contribution in [3.05, 3.63) is 106 Å². The van der Waals surface area contributed by atoms with Crippen LogP contribution in [0.5, 0.6) is 0 Å². The van der Waals surface area contributed by atoms with Gasteiger partial charge >= 0.3 is 6.03 Å². The van der Waals surface area contributed by atoms with Crippen LogP contribution in [0.2, 0.25) is 0 Å². The van der Waals surface area contributed by atoms with Crippen LogP contribution in [0.1, 0.15) is 35.4 Å². The molecule has 0 unspecified atom stereocenters. The molecule has 8 nitrogen and oxygen atoms in total. The minimum atomic E-state index is -0.360. The van der Waals surface area contributed by atoms with Gasteiger partial charge in [-0.1, -0.05) is 36.4 Å². The fraction of sp³-hybridized carbons (Fsp3) is 0.133. The second-order valence-electron chi connectivity index (χ2n) is 9.44. The van der Waals surface area contributed by atoms with Crippen LogP contribution < -0.4 is 16.0 Å². The Morgan fingerprint density at radius 3 is 2.59 bits per heavy atom. The Morgan fingerprint density at radius 1 is 1.00 bits per heavy atom. The first-order valence-corrected chi connectivity index (χ1v) is 13.4. The number of carbonyl (C=O) groups excluding carboxylic acids is 1. The smallest absolute Gasteiger partial charge is 0.323 e. The molecule has 1 fully saturated rings. The van der Waals surface area contributed by atoms with Gasteiger partial charge in [0, 0.05) is 29.5 Å². The van der Waals surface area contributed by atoms with Gasteiger partial charge in [-0.15, -0.1) is 0 Å². The van der Waals surface area contributed by atoms with Crippen molar-refractivity contribution in [1.82, 2.24) is 14.6 Å². The molecule has 0 bridgehead atoms. The first-order valence-electron chi connectivity index (χ1n) is 12.6. The molecule has 2 aromatic heterocycles. The first kappa shape index (κ1) is 24.6. The highest BCUT2D eigenvalue weighted by atomic mass is 79.9. The number of aromatic nitrogens is 3. The predicted molar refractivity (Wildman–Crippen MR) is 156 cm³/mol. The quantitative estimate of drug-likeness (QED) is 0.190. The Bertz CT molecular complexity index is 1720. The monoisotopic (exact) mass is 577 g/mol. The van der Waals surface area contributed by atoms with Crippen LogP contribution in [0.3, 0.4) is 0 Å². The number of fused-ring (bicyclic) bond motifs is 1. The minimum absolute atomic E-state index is 0.360. The van der Waals surface area contributed by atoms with Gasteiger partial charge in [0.1, 0.15) is 5.82 Å². The van der Waals surface area contributed by atoms with Crippen molar-refractivity contribution in [2.75, 3.05) is 16.0 Å². The number of hydrogen-bond donors (Lipinski definition) is 3. The number of benzene rings is 3. The average molecular weight is 578 g/mol. The van der Waals surface area contributed by atoms with Gasteiger partial charge in [0.05, 0.1) is 28.0 Å². The van der Waals surface area contributed by atoms with Crippen molar-refractivity contribution >= 4 is 44.8 Å². The van der Waals surface area contributed by atoms with Gasteiger partial charge in [0.15, 0.2) is 5.65 Å². The van der Waals surface area contributed by atoms with Crippen molar-refractivity contribution in [2.45, 2.75) is 25.3 Å². The number of amides is 2. The average Bonchev–Trinajstić information content (AvgIpc) is 3.74. The predicted octanol–water partition coefficient (Wildman–Crippen LogP) is 7.16. The third-order valence-electron chi connectivity index (χ3n) is 6.61. The second kappa shape index (κ2) is 10.6. The number of rotatable bonds is 7. The van der Waals surface area contributed by atoms with Crippen LogP contribution >= 0.6 is 15.9 Å². The van der Waals surface area contributed by atoms with Crippen molar-refractivity contribution < 1.29 is 4.79 Å². The molecular weight excluding hydrogens is 554 g/mol. The normalized spacial score (nSPS) is 12.6. The topological polar surface area (TPSA) is 107 Å². The summed E-state index contributed by atoms with van der Waals surface area (Å²) >= 11 is 3.59. The molecule has 0 saturated heterocycles. The summed E-state index contributed by atoms with van der Waals surface area (Å²) < 4.78 is 2.62. The Morgan fingerprint density at radius 2 is 1.79 bits per heavy atom. The van der Waals surface area contributed by atoms with E-state index in [9.17, 15) is 4.79 Å². The van der Waals surface area contributed by atoms with Gasteiger partial charge in [-0.3, -0.25) is 0 Å². The van der Waals surface area contributed by atoms with Crippen molar-refractivity contribution in [1.29, 1.82) is 5.26 Å². The molecule has 1 aliphatic carbocycles. The van der Waals surface area contributed by atoms with Crippen LogP contribution in [0.25, 0.3) is 16.9 Å². The molecule has 0 spiro atoms. The molecule has 1 aliphatic rings. The van der Waals surface area contributed by atoms with E-state index in [2.05, 4.69) is 67.3 Å². The number of nitrogens with zero attached hydrogens (tertiary/aromatic N) is 4. The van der Waals surface area contributed by atoms with E-state index in [0.29, 0.717) is 29.4 Å². The number of anilines is 3. The molecule has 2 heterocycles. The molecule has 39 heavy (non-hydrogen) atoms. The van der Waals surface area contributed by atoms with Crippen LogP contribution in [0.15, 0.2) is 89.5 Å². The summed E-state index contributed by atoms with van der Waals surface area (Å²) in [6.45, 7) is 0.521. The van der Waals surface area contributed by atoms with E-state index in [1.54, 1.807) is 35.0 Å². The van der Waals surface area contributed by atoms with Crippen molar-refractivity contribution in [3.8, 4) is 17.3 Å². The van der Waals surface area contributed by atoms with Gasteiger partial charge < -0.3 is 16.0 Å². The molecule has 192 valence electrons. The van der Waals surface area contributed by atoms with Crippen LogP contribution in [0.4, 0.5) is 22.0 Å². The largest absolute Gasteiger partial charge is 0.366 e. The summed E-state index contributed by atoms with van der Waals surface area (Å²) in [5.74, 6) is 1.43. The third-order valence-corrected chi connectivity index (χ3v) is 7.17. The lowest BCUT2D eigenvalue weighted by molar-refractivity contribution is 0.262. The minimum Gasteiger partial charge on any atom is -0.366 e. The fourth-order valence-electron chi connectivity index (χ4n) is 4.55. The van der Waals surface area contributed by atoms with Crippen molar-refractivity contribution in [2.24, 2.45) is 0 Å². The zero-order valence-electron chi connectivity index (χ0n) is 20.9. The molecule has 3 aromatic carbocycles. The Labute approximate surface area is 233 Å². The number of carbonyl (C=O) groups is 1. The van der Waals surface area contributed by atoms with Gasteiger partial charge in [0.2, 0.25) is 0 Å². The maximum absolute atomic E-state index is 12.5. The summed E-state index contributed by atoms with van der Waals surface area (Å²) in [5.41, 5.74) is 6.94. The molecule has 0 radical (unpaired) electrons. The second-order valence-corrected chi connectivity index (χ2v) is 10.3. The number of urea groups is 1. The number of nitrogens with one attached hydrogen (secondary N) is 3. The maximum Gasteiger partial charge on any atom is 0.323 e. The number of hydrogen-bond acceptors (Lipinski definition) is 5. The summed E-state index contributed by atoms with van der Waals surface area (Å²) in [6, 6.07) is 26.6. The highest BCUT2D eigenvalue weighted by Gasteiger charge is 2.27. The summed E-state index contributed by atoms with van der Waals surface area (Å²) in [7, 11) is 0.